The predicted molar refractivity (Wildman–Crippen MR) is 47.8 cm³/mol. The van der Waals surface area contributed by atoms with Crippen molar-refractivity contribution in [2.24, 2.45) is 0 Å². The Kier molecular flexibility index (Phi) is 2.24. The van der Waals surface area contributed by atoms with Gasteiger partial charge in [-0.25, -0.2) is 4.39 Å². The van der Waals surface area contributed by atoms with Crippen molar-refractivity contribution in [3.63, 3.8) is 0 Å². The van der Waals surface area contributed by atoms with Gasteiger partial charge in [-0.2, -0.15) is 0 Å². The van der Waals surface area contributed by atoms with Crippen molar-refractivity contribution in [2.45, 2.75) is 0 Å². The molecule has 12 heavy (non-hydrogen) atoms. The Bertz CT molecular complexity index is 331. The van der Waals surface area contributed by atoms with Crippen molar-refractivity contribution in [1.29, 1.82) is 5.41 Å². The molecule has 0 heterocycles. The Hall–Kier alpha value is -1.64. The molecule has 0 aromatic heterocycles. The summed E-state index contributed by atoms with van der Waals surface area (Å²) in [6.07, 6.45) is 1.32. The zero-order chi connectivity index (χ0) is 9.14. The minimum atomic E-state index is -0.501. The molecular formula is C9H9FN2. The van der Waals surface area contributed by atoms with Crippen LogP contribution in [0.5, 0.6) is 0 Å². The lowest BCUT2D eigenvalue weighted by molar-refractivity contribution is 0.632. The van der Waals surface area contributed by atoms with E-state index in [0.717, 1.165) is 0 Å². The fraction of sp³-hybridized carbons (Fsp3) is 0. The summed E-state index contributed by atoms with van der Waals surface area (Å²) in [4.78, 5) is 0. The molecule has 3 N–H and O–H groups in total. The second-order valence-corrected chi connectivity index (χ2v) is 2.32. The maximum atomic E-state index is 12.8. The highest BCUT2D eigenvalue weighted by Crippen LogP contribution is 2.16. The van der Waals surface area contributed by atoms with Gasteiger partial charge in [-0.15, -0.1) is 0 Å². The van der Waals surface area contributed by atoms with Crippen LogP contribution in [0.3, 0.4) is 0 Å². The molecule has 0 aliphatic carbocycles. The molecular weight excluding hydrogens is 155 g/mol. The van der Waals surface area contributed by atoms with Crippen LogP contribution in [0.2, 0.25) is 0 Å². The van der Waals surface area contributed by atoms with Gasteiger partial charge in [-0.05, 0) is 12.1 Å². The first kappa shape index (κ1) is 8.46. The van der Waals surface area contributed by atoms with Crippen LogP contribution in [0, 0.1) is 11.2 Å². The quantitative estimate of drug-likeness (QED) is 0.509. The van der Waals surface area contributed by atoms with Crippen molar-refractivity contribution < 1.29 is 4.39 Å². The molecule has 62 valence electrons. The number of halogens is 1. The smallest absolute Gasteiger partial charge is 0.146 e. The van der Waals surface area contributed by atoms with E-state index in [1.807, 2.05) is 0 Å². The standard InChI is InChI=1S/C9H9FN2/c1-2-8(11)6-4-3-5-7(10)9(6)12/h2-5,11H,1,12H2. The van der Waals surface area contributed by atoms with Crippen LogP contribution < -0.4 is 5.73 Å². The minimum absolute atomic E-state index is 0.00222. The molecule has 0 fully saturated rings. The van der Waals surface area contributed by atoms with Crippen LogP contribution in [0.15, 0.2) is 30.9 Å². The van der Waals surface area contributed by atoms with Gasteiger partial charge in [0.15, 0.2) is 0 Å². The maximum absolute atomic E-state index is 12.8. The number of nitrogen functional groups attached to an aromatic ring is 1. The first-order valence-electron chi connectivity index (χ1n) is 3.42. The first-order valence-corrected chi connectivity index (χ1v) is 3.42. The van der Waals surface area contributed by atoms with E-state index in [1.54, 1.807) is 6.07 Å². The van der Waals surface area contributed by atoms with Crippen LogP contribution in [-0.4, -0.2) is 5.71 Å². The first-order chi connectivity index (χ1) is 5.66. The molecule has 0 amide bonds. The number of hydrogen-bond donors (Lipinski definition) is 2. The SMILES string of the molecule is C=CC(=N)c1cccc(F)c1N. The van der Waals surface area contributed by atoms with Crippen LogP contribution in [0.1, 0.15) is 5.56 Å². The molecule has 1 aromatic carbocycles. The Morgan fingerprint density at radius 1 is 1.58 bits per heavy atom. The molecule has 1 rings (SSSR count). The average Bonchev–Trinajstić information content (AvgIpc) is 2.08. The number of anilines is 1. The third-order valence-electron chi connectivity index (χ3n) is 1.55. The van der Waals surface area contributed by atoms with E-state index in [2.05, 4.69) is 6.58 Å². The number of benzene rings is 1. The van der Waals surface area contributed by atoms with Crippen LogP contribution in [-0.2, 0) is 0 Å². The second-order valence-electron chi connectivity index (χ2n) is 2.32. The van der Waals surface area contributed by atoms with Crippen molar-refractivity contribution in [2.75, 3.05) is 5.73 Å². The van der Waals surface area contributed by atoms with Crippen molar-refractivity contribution >= 4 is 11.4 Å². The van der Waals surface area contributed by atoms with E-state index >= 15 is 0 Å². The summed E-state index contributed by atoms with van der Waals surface area (Å²) in [5.41, 5.74) is 5.91. The van der Waals surface area contributed by atoms with E-state index in [-0.39, 0.29) is 11.4 Å². The average molecular weight is 164 g/mol. The van der Waals surface area contributed by atoms with E-state index in [4.69, 9.17) is 11.1 Å². The molecule has 0 bridgehead atoms. The third-order valence-corrected chi connectivity index (χ3v) is 1.55. The Labute approximate surface area is 70.0 Å². The highest BCUT2D eigenvalue weighted by atomic mass is 19.1. The van der Waals surface area contributed by atoms with Crippen molar-refractivity contribution in [3.8, 4) is 0 Å². The summed E-state index contributed by atoms with van der Waals surface area (Å²) < 4.78 is 12.8. The van der Waals surface area contributed by atoms with Crippen LogP contribution >= 0.6 is 0 Å². The number of nitrogens with two attached hydrogens (primary N) is 1. The van der Waals surface area contributed by atoms with Gasteiger partial charge in [-0.1, -0.05) is 18.7 Å². The van der Waals surface area contributed by atoms with Gasteiger partial charge in [0.25, 0.3) is 0 Å². The van der Waals surface area contributed by atoms with Gasteiger partial charge in [0.05, 0.1) is 11.4 Å². The highest BCUT2D eigenvalue weighted by Gasteiger charge is 2.05. The summed E-state index contributed by atoms with van der Waals surface area (Å²) in [7, 11) is 0. The fourth-order valence-electron chi connectivity index (χ4n) is 0.882. The summed E-state index contributed by atoms with van der Waals surface area (Å²) in [5.74, 6) is -0.501. The maximum Gasteiger partial charge on any atom is 0.146 e. The van der Waals surface area contributed by atoms with Crippen LogP contribution in [0.25, 0.3) is 0 Å². The summed E-state index contributed by atoms with van der Waals surface area (Å²) in [6, 6.07) is 4.36. The van der Waals surface area contributed by atoms with Gasteiger partial charge < -0.3 is 11.1 Å². The lowest BCUT2D eigenvalue weighted by atomic mass is 10.1. The number of hydrogen-bond acceptors (Lipinski definition) is 2. The number of para-hydroxylation sites is 1. The predicted octanol–water partition coefficient (Wildman–Crippen LogP) is 1.96. The summed E-state index contributed by atoms with van der Waals surface area (Å²) in [6.45, 7) is 3.41. The molecule has 0 saturated heterocycles. The molecule has 1 aromatic rings. The molecule has 0 saturated carbocycles. The molecule has 0 aliphatic heterocycles. The molecule has 2 nitrogen and oxygen atoms in total. The van der Waals surface area contributed by atoms with Crippen molar-refractivity contribution in [3.05, 3.63) is 42.2 Å². The summed E-state index contributed by atoms with van der Waals surface area (Å²) in [5, 5.41) is 7.35. The topological polar surface area (TPSA) is 49.9 Å². The fourth-order valence-corrected chi connectivity index (χ4v) is 0.882. The number of nitrogens with one attached hydrogen (secondary N) is 1. The lowest BCUT2D eigenvalue weighted by Gasteiger charge is -2.03. The zero-order valence-corrected chi connectivity index (χ0v) is 6.47. The van der Waals surface area contributed by atoms with E-state index in [0.29, 0.717) is 5.56 Å². The number of rotatable bonds is 2. The monoisotopic (exact) mass is 164 g/mol. The van der Waals surface area contributed by atoms with E-state index in [9.17, 15) is 4.39 Å². The van der Waals surface area contributed by atoms with Gasteiger partial charge in [0.2, 0.25) is 0 Å². The molecule has 0 aliphatic rings. The third kappa shape index (κ3) is 1.34. The van der Waals surface area contributed by atoms with E-state index < -0.39 is 5.82 Å². The minimum Gasteiger partial charge on any atom is -0.396 e. The molecule has 0 spiro atoms. The van der Waals surface area contributed by atoms with Gasteiger partial charge in [0, 0.05) is 5.56 Å². The van der Waals surface area contributed by atoms with Crippen LogP contribution in [0.4, 0.5) is 10.1 Å². The molecule has 3 heteroatoms. The normalized spacial score (nSPS) is 9.42. The lowest BCUT2D eigenvalue weighted by Crippen LogP contribution is -2.02. The Morgan fingerprint density at radius 3 is 2.83 bits per heavy atom. The molecule has 0 unspecified atom stereocenters. The Morgan fingerprint density at radius 2 is 2.25 bits per heavy atom. The largest absolute Gasteiger partial charge is 0.396 e. The molecule has 0 radical (unpaired) electrons. The Balaban J connectivity index is 3.25. The van der Waals surface area contributed by atoms with Crippen molar-refractivity contribution in [1.82, 2.24) is 0 Å². The highest BCUT2D eigenvalue weighted by molar-refractivity contribution is 6.09. The summed E-state index contributed by atoms with van der Waals surface area (Å²) >= 11 is 0. The van der Waals surface area contributed by atoms with Gasteiger partial charge >= 0.3 is 0 Å². The zero-order valence-electron chi connectivity index (χ0n) is 6.47. The van der Waals surface area contributed by atoms with Gasteiger partial charge in [0.1, 0.15) is 5.82 Å². The molecule has 0 atom stereocenters. The van der Waals surface area contributed by atoms with Gasteiger partial charge in [-0.3, -0.25) is 0 Å². The van der Waals surface area contributed by atoms with E-state index in [1.165, 1.54) is 18.2 Å². The number of allylic oxidation sites excluding steroid dienone is 1. The second kappa shape index (κ2) is 3.17.